The summed E-state index contributed by atoms with van der Waals surface area (Å²) in [6.45, 7) is 10.1. The molecule has 1 aliphatic rings. The molecule has 1 rings (SSSR count). The van der Waals surface area contributed by atoms with Gasteiger partial charge in [0.05, 0.1) is 12.7 Å². The highest BCUT2D eigenvalue weighted by Gasteiger charge is 2.15. The monoisotopic (exact) mass is 215 g/mol. The molecule has 0 spiro atoms. The summed E-state index contributed by atoms with van der Waals surface area (Å²) in [6.07, 6.45) is 3.80. The second-order valence-corrected chi connectivity index (χ2v) is 5.24. The Bertz CT molecular complexity index is 159. The third-order valence-electron chi connectivity index (χ3n) is 2.45. The fourth-order valence-corrected chi connectivity index (χ4v) is 1.63. The van der Waals surface area contributed by atoms with Gasteiger partial charge >= 0.3 is 0 Å². The molecule has 1 heterocycles. The Morgan fingerprint density at radius 2 is 2.20 bits per heavy atom. The number of hydrogen-bond acceptors (Lipinski definition) is 3. The van der Waals surface area contributed by atoms with E-state index in [1.165, 1.54) is 12.8 Å². The van der Waals surface area contributed by atoms with Gasteiger partial charge in [-0.2, -0.15) is 0 Å². The van der Waals surface area contributed by atoms with Crippen LogP contribution in [0.1, 0.15) is 40.0 Å². The number of ether oxygens (including phenoxy) is 2. The molecule has 0 aliphatic carbocycles. The summed E-state index contributed by atoms with van der Waals surface area (Å²) in [7, 11) is 0. The van der Waals surface area contributed by atoms with E-state index < -0.39 is 0 Å². The number of rotatable bonds is 6. The van der Waals surface area contributed by atoms with Gasteiger partial charge in [-0.1, -0.05) is 0 Å². The predicted molar refractivity (Wildman–Crippen MR) is 62.2 cm³/mol. The molecule has 0 aromatic rings. The predicted octanol–water partition coefficient (Wildman–Crippen LogP) is 1.96. The molecule has 0 amide bonds. The van der Waals surface area contributed by atoms with Gasteiger partial charge in [-0.15, -0.1) is 0 Å². The van der Waals surface area contributed by atoms with Crippen molar-refractivity contribution in [1.29, 1.82) is 0 Å². The minimum absolute atomic E-state index is 0.217. The van der Waals surface area contributed by atoms with Crippen LogP contribution >= 0.6 is 0 Å². The highest BCUT2D eigenvalue weighted by atomic mass is 16.5. The van der Waals surface area contributed by atoms with Crippen LogP contribution in [0.25, 0.3) is 0 Å². The van der Waals surface area contributed by atoms with Crippen molar-refractivity contribution >= 4 is 0 Å². The average Bonchev–Trinajstić information content (AvgIpc) is 2.61. The SMILES string of the molecule is CC(C)(C)NCCCOCC1CCCO1. The molecule has 1 atom stereocenters. The minimum atomic E-state index is 0.217. The van der Waals surface area contributed by atoms with E-state index in [-0.39, 0.29) is 5.54 Å². The van der Waals surface area contributed by atoms with Crippen LogP contribution in [-0.4, -0.2) is 38.0 Å². The van der Waals surface area contributed by atoms with Crippen molar-refractivity contribution in [1.82, 2.24) is 5.32 Å². The van der Waals surface area contributed by atoms with Gasteiger partial charge in [0.1, 0.15) is 0 Å². The Balaban J connectivity index is 1.84. The highest BCUT2D eigenvalue weighted by Crippen LogP contribution is 2.11. The maximum Gasteiger partial charge on any atom is 0.0809 e. The quantitative estimate of drug-likeness (QED) is 0.687. The van der Waals surface area contributed by atoms with E-state index in [0.29, 0.717) is 6.10 Å². The molecule has 1 unspecified atom stereocenters. The lowest BCUT2D eigenvalue weighted by Crippen LogP contribution is -2.36. The van der Waals surface area contributed by atoms with Crippen LogP contribution in [0.5, 0.6) is 0 Å². The van der Waals surface area contributed by atoms with E-state index in [9.17, 15) is 0 Å². The van der Waals surface area contributed by atoms with Gasteiger partial charge < -0.3 is 14.8 Å². The molecule has 1 aliphatic heterocycles. The molecular weight excluding hydrogens is 190 g/mol. The first-order chi connectivity index (χ1) is 7.08. The zero-order valence-electron chi connectivity index (χ0n) is 10.3. The fourth-order valence-electron chi connectivity index (χ4n) is 1.63. The van der Waals surface area contributed by atoms with Crippen molar-refractivity contribution in [3.63, 3.8) is 0 Å². The Labute approximate surface area is 93.5 Å². The van der Waals surface area contributed by atoms with E-state index in [2.05, 4.69) is 26.1 Å². The van der Waals surface area contributed by atoms with Crippen LogP contribution < -0.4 is 5.32 Å². The van der Waals surface area contributed by atoms with Crippen molar-refractivity contribution in [2.24, 2.45) is 0 Å². The summed E-state index contributed by atoms with van der Waals surface area (Å²) in [6, 6.07) is 0. The van der Waals surface area contributed by atoms with Crippen LogP contribution in [0, 0.1) is 0 Å². The zero-order valence-corrected chi connectivity index (χ0v) is 10.3. The molecule has 1 saturated heterocycles. The Hall–Kier alpha value is -0.120. The van der Waals surface area contributed by atoms with Crippen molar-refractivity contribution in [3.05, 3.63) is 0 Å². The van der Waals surface area contributed by atoms with Gasteiger partial charge in [-0.25, -0.2) is 0 Å². The summed E-state index contributed by atoms with van der Waals surface area (Å²) in [5.41, 5.74) is 0.217. The first-order valence-electron chi connectivity index (χ1n) is 6.02. The lowest BCUT2D eigenvalue weighted by atomic mass is 10.1. The number of nitrogens with one attached hydrogen (secondary N) is 1. The van der Waals surface area contributed by atoms with E-state index >= 15 is 0 Å². The van der Waals surface area contributed by atoms with Gasteiger partial charge in [0.2, 0.25) is 0 Å². The first-order valence-corrected chi connectivity index (χ1v) is 6.02. The third kappa shape index (κ3) is 6.88. The van der Waals surface area contributed by atoms with Crippen LogP contribution in [0.2, 0.25) is 0 Å². The van der Waals surface area contributed by atoms with Gasteiger partial charge in [0.25, 0.3) is 0 Å². The van der Waals surface area contributed by atoms with Crippen LogP contribution in [0.3, 0.4) is 0 Å². The van der Waals surface area contributed by atoms with Gasteiger partial charge in [-0.05, 0) is 46.6 Å². The smallest absolute Gasteiger partial charge is 0.0809 e. The van der Waals surface area contributed by atoms with Gasteiger partial charge in [0.15, 0.2) is 0 Å². The van der Waals surface area contributed by atoms with E-state index in [1.807, 2.05) is 0 Å². The molecule has 1 fully saturated rings. The average molecular weight is 215 g/mol. The van der Waals surface area contributed by atoms with Gasteiger partial charge in [-0.3, -0.25) is 0 Å². The summed E-state index contributed by atoms with van der Waals surface area (Å²) in [5, 5.41) is 3.44. The Morgan fingerprint density at radius 3 is 2.80 bits per heavy atom. The molecule has 0 aromatic heterocycles. The van der Waals surface area contributed by atoms with Crippen LogP contribution in [0.4, 0.5) is 0 Å². The molecule has 90 valence electrons. The van der Waals surface area contributed by atoms with E-state index in [1.54, 1.807) is 0 Å². The molecular formula is C12H25NO2. The summed E-state index contributed by atoms with van der Waals surface area (Å²) >= 11 is 0. The Morgan fingerprint density at radius 1 is 1.40 bits per heavy atom. The second kappa shape index (κ2) is 6.46. The van der Waals surface area contributed by atoms with Crippen LogP contribution in [0.15, 0.2) is 0 Å². The van der Waals surface area contributed by atoms with Crippen molar-refractivity contribution < 1.29 is 9.47 Å². The standard InChI is InChI=1S/C12H25NO2/c1-12(2,3)13-7-5-8-14-10-11-6-4-9-15-11/h11,13H,4-10H2,1-3H3. The van der Waals surface area contributed by atoms with E-state index in [4.69, 9.17) is 9.47 Å². The summed E-state index contributed by atoms with van der Waals surface area (Å²) < 4.78 is 11.0. The topological polar surface area (TPSA) is 30.5 Å². The minimum Gasteiger partial charge on any atom is -0.379 e. The molecule has 3 nitrogen and oxygen atoms in total. The zero-order chi connectivity index (χ0) is 11.1. The maximum absolute atomic E-state index is 5.57. The van der Waals surface area contributed by atoms with Crippen molar-refractivity contribution in [2.45, 2.75) is 51.7 Å². The largest absolute Gasteiger partial charge is 0.379 e. The normalized spacial score (nSPS) is 22.2. The lowest BCUT2D eigenvalue weighted by molar-refractivity contribution is 0.0164. The molecule has 1 N–H and O–H groups in total. The number of hydrogen-bond donors (Lipinski definition) is 1. The maximum atomic E-state index is 5.57. The molecule has 0 radical (unpaired) electrons. The fraction of sp³-hybridized carbons (Fsp3) is 1.00. The molecule has 0 aromatic carbocycles. The second-order valence-electron chi connectivity index (χ2n) is 5.24. The molecule has 3 heteroatoms. The van der Waals surface area contributed by atoms with Gasteiger partial charge in [0, 0.05) is 18.8 Å². The molecule has 15 heavy (non-hydrogen) atoms. The molecule has 0 bridgehead atoms. The van der Waals surface area contributed by atoms with Crippen molar-refractivity contribution in [2.75, 3.05) is 26.4 Å². The van der Waals surface area contributed by atoms with Crippen molar-refractivity contribution in [3.8, 4) is 0 Å². The molecule has 0 saturated carbocycles. The first kappa shape index (κ1) is 12.9. The Kier molecular flexibility index (Phi) is 5.58. The van der Waals surface area contributed by atoms with Crippen LogP contribution in [-0.2, 0) is 9.47 Å². The summed E-state index contributed by atoms with van der Waals surface area (Å²) in [4.78, 5) is 0. The summed E-state index contributed by atoms with van der Waals surface area (Å²) in [5.74, 6) is 0. The third-order valence-corrected chi connectivity index (χ3v) is 2.45. The highest BCUT2D eigenvalue weighted by molar-refractivity contribution is 4.69. The lowest BCUT2D eigenvalue weighted by Gasteiger charge is -2.20. The van der Waals surface area contributed by atoms with E-state index in [0.717, 1.165) is 32.8 Å².